The summed E-state index contributed by atoms with van der Waals surface area (Å²) >= 11 is 0. The maximum atomic E-state index is 15.2. The van der Waals surface area contributed by atoms with Gasteiger partial charge in [-0.1, -0.05) is 50.2 Å². The first-order chi connectivity index (χ1) is 19.8. The van der Waals surface area contributed by atoms with Gasteiger partial charge in [0.15, 0.2) is 5.75 Å². The molecule has 0 bridgehead atoms. The summed E-state index contributed by atoms with van der Waals surface area (Å²) in [5, 5.41) is 4.22. The quantitative estimate of drug-likeness (QED) is 0.186. The molecule has 0 fully saturated rings. The van der Waals surface area contributed by atoms with Crippen LogP contribution in [0, 0.1) is 5.82 Å². The van der Waals surface area contributed by atoms with E-state index in [0.29, 0.717) is 35.3 Å². The Morgan fingerprint density at radius 3 is 2.10 bits per heavy atom. The van der Waals surface area contributed by atoms with Crippen LogP contribution in [0.2, 0.25) is 0 Å². The molecule has 41 heavy (non-hydrogen) atoms. The number of hydrogen-bond acceptors (Lipinski definition) is 5. The number of ether oxygens (including phenoxy) is 1. The number of carbonyl (C=O) groups excluding carboxylic acids is 3. The van der Waals surface area contributed by atoms with Crippen LogP contribution >= 0.6 is 0 Å². The average Bonchev–Trinajstić information content (AvgIpc) is 2.98. The van der Waals surface area contributed by atoms with Crippen molar-refractivity contribution in [3.05, 3.63) is 84.2 Å². The van der Waals surface area contributed by atoms with Gasteiger partial charge in [-0.3, -0.25) is 14.6 Å². The zero-order chi connectivity index (χ0) is 29.9. The number of para-hydroxylation sites is 4. The van der Waals surface area contributed by atoms with Gasteiger partial charge in [0.05, 0.1) is 16.9 Å². The summed E-state index contributed by atoms with van der Waals surface area (Å²) in [7, 11) is 1.29. The van der Waals surface area contributed by atoms with Gasteiger partial charge < -0.3 is 9.64 Å². The third kappa shape index (κ3) is 7.08. The molecule has 0 atom stereocenters. The lowest BCUT2D eigenvalue weighted by atomic mass is 10.1. The van der Waals surface area contributed by atoms with Gasteiger partial charge in [-0.05, 0) is 56.2 Å². The van der Waals surface area contributed by atoms with Crippen LogP contribution in [0.15, 0.2) is 77.9 Å². The van der Waals surface area contributed by atoms with Crippen LogP contribution < -0.4 is 14.5 Å². The first kappa shape index (κ1) is 30.8. The van der Waals surface area contributed by atoms with Crippen molar-refractivity contribution in [2.24, 2.45) is 5.10 Å². The van der Waals surface area contributed by atoms with E-state index in [-0.39, 0.29) is 17.8 Å². The molecule has 0 radical (unpaired) electrons. The number of nitrogens with zero attached hydrogens (tertiary/aromatic N) is 5. The molecule has 0 spiro atoms. The lowest BCUT2D eigenvalue weighted by Gasteiger charge is -2.30. The number of hydrazone groups is 1. The second-order valence-corrected chi connectivity index (χ2v) is 9.13. The van der Waals surface area contributed by atoms with Gasteiger partial charge in [-0.15, -0.1) is 5.01 Å². The minimum absolute atomic E-state index is 0.00756. The van der Waals surface area contributed by atoms with Crippen LogP contribution in [-0.2, 0) is 0 Å². The van der Waals surface area contributed by atoms with Crippen molar-refractivity contribution in [3.63, 3.8) is 0 Å². The lowest BCUT2D eigenvalue weighted by molar-refractivity contribution is 0.0756. The summed E-state index contributed by atoms with van der Waals surface area (Å²) in [6, 6.07) is 18.2. The molecule has 10 heteroatoms. The zero-order valence-electron chi connectivity index (χ0n) is 23.9. The molecule has 0 N–H and O–H groups in total. The van der Waals surface area contributed by atoms with E-state index < -0.39 is 23.8 Å². The highest BCUT2D eigenvalue weighted by atomic mass is 19.1. The fourth-order valence-corrected chi connectivity index (χ4v) is 4.40. The van der Waals surface area contributed by atoms with Crippen molar-refractivity contribution < 1.29 is 23.5 Å². The van der Waals surface area contributed by atoms with E-state index in [9.17, 15) is 14.4 Å². The minimum Gasteiger partial charge on any atom is -0.455 e. The first-order valence-corrected chi connectivity index (χ1v) is 13.5. The number of halogens is 1. The third-order valence-corrected chi connectivity index (χ3v) is 6.29. The number of amides is 5. The van der Waals surface area contributed by atoms with E-state index in [1.54, 1.807) is 48.2 Å². The van der Waals surface area contributed by atoms with E-state index in [0.717, 1.165) is 23.8 Å². The van der Waals surface area contributed by atoms with Crippen molar-refractivity contribution in [3.8, 4) is 11.5 Å². The topological polar surface area (TPSA) is 85.8 Å². The molecule has 0 unspecified atom stereocenters. The molecule has 0 aliphatic heterocycles. The normalized spacial score (nSPS) is 10.5. The van der Waals surface area contributed by atoms with Gasteiger partial charge >= 0.3 is 12.1 Å². The van der Waals surface area contributed by atoms with Crippen molar-refractivity contribution in [1.82, 2.24) is 9.91 Å². The molecule has 0 aliphatic rings. The zero-order valence-corrected chi connectivity index (χ0v) is 23.9. The second kappa shape index (κ2) is 14.6. The Morgan fingerprint density at radius 2 is 1.49 bits per heavy atom. The summed E-state index contributed by atoms with van der Waals surface area (Å²) in [6.45, 7) is 10.2. The van der Waals surface area contributed by atoms with Gasteiger partial charge in [0, 0.05) is 33.4 Å². The fraction of sp³-hybridized carbons (Fsp3) is 0.290. The molecular formula is C31H36FN5O4. The van der Waals surface area contributed by atoms with Gasteiger partial charge in [0.1, 0.15) is 11.6 Å². The number of anilines is 2. The van der Waals surface area contributed by atoms with E-state index in [1.807, 2.05) is 32.0 Å². The number of imide groups is 1. The van der Waals surface area contributed by atoms with Gasteiger partial charge in [-0.2, -0.15) is 5.10 Å². The molecule has 3 aromatic carbocycles. The molecule has 0 aliphatic carbocycles. The molecule has 0 heterocycles. The first-order valence-electron chi connectivity index (χ1n) is 13.5. The summed E-state index contributed by atoms with van der Waals surface area (Å²) in [4.78, 5) is 44.6. The van der Waals surface area contributed by atoms with Crippen LogP contribution in [-0.4, -0.2) is 61.3 Å². The predicted octanol–water partition coefficient (Wildman–Crippen LogP) is 7.00. The standard InChI is InChI=1S/C31H36FN5O4/c1-6-21-35(22-7-2)29(38)24-17-14-18-25(32)28(24)34(5)30(39)37(33-4)31(40)36(8-3)26-19-12-13-20-27(26)41-23-15-10-9-11-16-23/h9-20H,4,6-8,21-22H2,1-3,5H3. The molecule has 3 rings (SSSR count). The van der Waals surface area contributed by atoms with Crippen LogP contribution in [0.25, 0.3) is 0 Å². The summed E-state index contributed by atoms with van der Waals surface area (Å²) in [5.41, 5.74) is 0.148. The Hall–Kier alpha value is -4.73. The molecule has 9 nitrogen and oxygen atoms in total. The van der Waals surface area contributed by atoms with Crippen molar-refractivity contribution >= 4 is 36.1 Å². The Bertz CT molecular complexity index is 1360. The van der Waals surface area contributed by atoms with Gasteiger partial charge in [-0.25, -0.2) is 14.0 Å². The number of rotatable bonds is 11. The van der Waals surface area contributed by atoms with Crippen LogP contribution in [0.1, 0.15) is 44.0 Å². The number of benzene rings is 3. The summed E-state index contributed by atoms with van der Waals surface area (Å²) < 4.78 is 21.2. The van der Waals surface area contributed by atoms with Gasteiger partial charge in [0.25, 0.3) is 5.91 Å². The summed E-state index contributed by atoms with van der Waals surface area (Å²) in [5.74, 6) is -0.248. The van der Waals surface area contributed by atoms with Gasteiger partial charge in [0.2, 0.25) is 0 Å². The molecule has 3 aromatic rings. The third-order valence-electron chi connectivity index (χ3n) is 6.29. The summed E-state index contributed by atoms with van der Waals surface area (Å²) in [6.07, 6.45) is 1.44. The van der Waals surface area contributed by atoms with E-state index in [4.69, 9.17) is 4.74 Å². The fourth-order valence-electron chi connectivity index (χ4n) is 4.40. The number of urea groups is 2. The lowest BCUT2D eigenvalue weighted by Crippen LogP contribution is -2.49. The Kier molecular flexibility index (Phi) is 11.0. The molecule has 0 saturated carbocycles. The van der Waals surface area contributed by atoms with Crippen LogP contribution in [0.5, 0.6) is 11.5 Å². The van der Waals surface area contributed by atoms with Crippen LogP contribution in [0.3, 0.4) is 0 Å². The SMILES string of the molecule is C=NN(C(=O)N(C)c1c(F)cccc1C(=O)N(CCC)CCC)C(=O)N(CC)c1ccccc1Oc1ccccc1. The number of carbonyl (C=O) groups is 3. The highest BCUT2D eigenvalue weighted by molar-refractivity contribution is 6.10. The largest absolute Gasteiger partial charge is 0.455 e. The molecule has 216 valence electrons. The smallest absolute Gasteiger partial charge is 0.353 e. The molecule has 0 aromatic heterocycles. The highest BCUT2D eigenvalue weighted by Crippen LogP contribution is 2.33. The predicted molar refractivity (Wildman–Crippen MR) is 159 cm³/mol. The van der Waals surface area contributed by atoms with Crippen molar-refractivity contribution in [2.45, 2.75) is 33.6 Å². The Labute approximate surface area is 240 Å². The van der Waals surface area contributed by atoms with Crippen molar-refractivity contribution in [2.75, 3.05) is 36.5 Å². The van der Waals surface area contributed by atoms with Crippen molar-refractivity contribution in [1.29, 1.82) is 0 Å². The van der Waals surface area contributed by atoms with Crippen LogP contribution in [0.4, 0.5) is 25.4 Å². The Balaban J connectivity index is 1.95. The molecular weight excluding hydrogens is 525 g/mol. The Morgan fingerprint density at radius 1 is 0.854 bits per heavy atom. The second-order valence-electron chi connectivity index (χ2n) is 9.13. The number of hydrogen-bond donors (Lipinski definition) is 0. The van der Waals surface area contributed by atoms with E-state index >= 15 is 4.39 Å². The average molecular weight is 562 g/mol. The molecule has 5 amide bonds. The highest BCUT2D eigenvalue weighted by Gasteiger charge is 2.33. The maximum absolute atomic E-state index is 15.2. The van der Waals surface area contributed by atoms with E-state index in [2.05, 4.69) is 11.8 Å². The van der Waals surface area contributed by atoms with E-state index in [1.165, 1.54) is 24.1 Å². The minimum atomic E-state index is -0.985. The maximum Gasteiger partial charge on any atom is 0.353 e. The molecule has 0 saturated heterocycles. The monoisotopic (exact) mass is 561 g/mol.